The second-order valence-electron chi connectivity index (χ2n) is 5.84. The first-order valence-corrected chi connectivity index (χ1v) is 7.12. The van der Waals surface area contributed by atoms with Gasteiger partial charge in [-0.15, -0.1) is 11.3 Å². The van der Waals surface area contributed by atoms with Gasteiger partial charge in [-0.05, 0) is 44.2 Å². The van der Waals surface area contributed by atoms with Gasteiger partial charge in [0.15, 0.2) is 0 Å². The first-order chi connectivity index (χ1) is 8.05. The first kappa shape index (κ1) is 11.2. The van der Waals surface area contributed by atoms with Crippen molar-refractivity contribution < 1.29 is 0 Å². The maximum absolute atomic E-state index is 2.59. The summed E-state index contributed by atoms with van der Waals surface area (Å²) in [6, 6.07) is 8.83. The van der Waals surface area contributed by atoms with E-state index in [2.05, 4.69) is 49.9 Å². The summed E-state index contributed by atoms with van der Waals surface area (Å²) in [5.41, 5.74) is 1.85. The molecule has 0 saturated carbocycles. The molecule has 1 aromatic carbocycles. The van der Waals surface area contributed by atoms with Crippen molar-refractivity contribution in [3.05, 3.63) is 34.7 Å². The normalized spacial score (nSPS) is 17.4. The van der Waals surface area contributed by atoms with Crippen LogP contribution in [0.2, 0.25) is 0 Å². The highest BCUT2D eigenvalue weighted by molar-refractivity contribution is 7.19. The Kier molecular flexibility index (Phi) is 2.53. The van der Waals surface area contributed by atoms with Crippen LogP contribution in [0.4, 0.5) is 0 Å². The van der Waals surface area contributed by atoms with Crippen LogP contribution in [0.1, 0.15) is 31.2 Å². The minimum absolute atomic E-state index is 0.279. The molecule has 1 aromatic heterocycles. The van der Waals surface area contributed by atoms with Crippen molar-refractivity contribution in [2.75, 3.05) is 6.54 Å². The number of hydrogen-bond donors (Lipinski definition) is 0. The van der Waals surface area contributed by atoms with Gasteiger partial charge in [-0.1, -0.05) is 18.2 Å². The fourth-order valence-corrected chi connectivity index (χ4v) is 3.81. The van der Waals surface area contributed by atoms with Gasteiger partial charge in [0.1, 0.15) is 0 Å². The Labute approximate surface area is 107 Å². The number of thiophene rings is 1. The molecule has 1 aliphatic heterocycles. The van der Waals surface area contributed by atoms with Crippen molar-refractivity contribution in [3.63, 3.8) is 0 Å². The third-order valence-corrected chi connectivity index (χ3v) is 4.96. The van der Waals surface area contributed by atoms with Crippen LogP contribution in [0.25, 0.3) is 10.1 Å². The van der Waals surface area contributed by atoms with Gasteiger partial charge >= 0.3 is 0 Å². The van der Waals surface area contributed by atoms with Crippen LogP contribution in [0.3, 0.4) is 0 Å². The summed E-state index contributed by atoms with van der Waals surface area (Å²) in [6.45, 7) is 9.25. The van der Waals surface area contributed by atoms with Crippen LogP contribution in [-0.2, 0) is 13.0 Å². The molecule has 0 saturated heterocycles. The van der Waals surface area contributed by atoms with Gasteiger partial charge in [-0.25, -0.2) is 0 Å². The maximum Gasteiger partial charge on any atom is 0.0349 e. The Morgan fingerprint density at radius 1 is 1.18 bits per heavy atom. The largest absolute Gasteiger partial charge is 0.294 e. The molecule has 0 bridgehead atoms. The highest BCUT2D eigenvalue weighted by Crippen LogP contribution is 2.36. The molecular formula is C15H19NS. The van der Waals surface area contributed by atoms with Crippen LogP contribution >= 0.6 is 11.3 Å². The van der Waals surface area contributed by atoms with Crippen molar-refractivity contribution in [2.24, 2.45) is 0 Å². The lowest BCUT2D eigenvalue weighted by atomic mass is 9.98. The van der Waals surface area contributed by atoms with Crippen molar-refractivity contribution in [2.45, 2.75) is 39.3 Å². The van der Waals surface area contributed by atoms with Crippen molar-refractivity contribution >= 4 is 21.4 Å². The SMILES string of the molecule is CC(C)(C)N1CCc2sc3ccccc3c2C1. The molecule has 0 amide bonds. The smallest absolute Gasteiger partial charge is 0.0349 e. The molecule has 1 aliphatic rings. The van der Waals surface area contributed by atoms with Gasteiger partial charge < -0.3 is 0 Å². The number of rotatable bonds is 0. The van der Waals surface area contributed by atoms with Crippen LogP contribution < -0.4 is 0 Å². The summed E-state index contributed by atoms with van der Waals surface area (Å²) in [5, 5.41) is 1.47. The van der Waals surface area contributed by atoms with Crippen LogP contribution in [-0.4, -0.2) is 17.0 Å². The van der Waals surface area contributed by atoms with E-state index in [0.29, 0.717) is 0 Å². The molecule has 3 rings (SSSR count). The van der Waals surface area contributed by atoms with Gasteiger partial charge in [-0.2, -0.15) is 0 Å². The first-order valence-electron chi connectivity index (χ1n) is 6.30. The molecule has 17 heavy (non-hydrogen) atoms. The lowest BCUT2D eigenvalue weighted by Crippen LogP contribution is -2.43. The zero-order valence-corrected chi connectivity index (χ0v) is 11.6. The average molecular weight is 245 g/mol. The average Bonchev–Trinajstić information content (AvgIpc) is 2.65. The highest BCUT2D eigenvalue weighted by Gasteiger charge is 2.27. The van der Waals surface area contributed by atoms with Crippen molar-refractivity contribution in [1.29, 1.82) is 0 Å². The van der Waals surface area contributed by atoms with Gasteiger partial charge in [0.25, 0.3) is 0 Å². The third-order valence-electron chi connectivity index (χ3n) is 3.69. The Bertz CT molecular complexity index is 548. The van der Waals surface area contributed by atoms with Crippen molar-refractivity contribution in [3.8, 4) is 0 Å². The van der Waals surface area contributed by atoms with E-state index in [1.54, 1.807) is 10.4 Å². The molecule has 0 N–H and O–H groups in total. The van der Waals surface area contributed by atoms with Gasteiger partial charge in [0.2, 0.25) is 0 Å². The zero-order chi connectivity index (χ0) is 12.0. The fraction of sp³-hybridized carbons (Fsp3) is 0.467. The number of nitrogens with zero attached hydrogens (tertiary/aromatic N) is 1. The molecule has 1 nitrogen and oxygen atoms in total. The summed E-state index contributed by atoms with van der Waals surface area (Å²) >= 11 is 1.99. The maximum atomic E-state index is 2.59. The summed E-state index contributed by atoms with van der Waals surface area (Å²) < 4.78 is 1.45. The van der Waals surface area contributed by atoms with E-state index in [1.807, 2.05) is 11.3 Å². The van der Waals surface area contributed by atoms with E-state index in [-0.39, 0.29) is 5.54 Å². The van der Waals surface area contributed by atoms with Gasteiger partial charge in [0.05, 0.1) is 0 Å². The second kappa shape index (κ2) is 3.82. The predicted molar refractivity (Wildman–Crippen MR) is 75.7 cm³/mol. The van der Waals surface area contributed by atoms with Crippen LogP contribution in [0, 0.1) is 0 Å². The van der Waals surface area contributed by atoms with Gasteiger partial charge in [-0.3, -0.25) is 4.90 Å². The lowest BCUT2D eigenvalue weighted by molar-refractivity contribution is 0.122. The molecule has 0 spiro atoms. The molecule has 0 radical (unpaired) electrons. The van der Waals surface area contributed by atoms with E-state index in [9.17, 15) is 0 Å². The van der Waals surface area contributed by atoms with Crippen LogP contribution in [0.5, 0.6) is 0 Å². The predicted octanol–water partition coefficient (Wildman–Crippen LogP) is 4.06. The number of fused-ring (bicyclic) bond motifs is 3. The number of benzene rings is 1. The zero-order valence-electron chi connectivity index (χ0n) is 10.8. The molecule has 0 atom stereocenters. The highest BCUT2D eigenvalue weighted by atomic mass is 32.1. The lowest BCUT2D eigenvalue weighted by Gasteiger charge is -2.38. The molecule has 2 heteroatoms. The number of hydrogen-bond acceptors (Lipinski definition) is 2. The molecule has 0 fully saturated rings. The molecule has 2 heterocycles. The van der Waals surface area contributed by atoms with Crippen LogP contribution in [0.15, 0.2) is 24.3 Å². The minimum atomic E-state index is 0.279. The molecule has 2 aromatic rings. The van der Waals surface area contributed by atoms with E-state index in [0.717, 1.165) is 6.54 Å². The molecule has 0 aliphatic carbocycles. The van der Waals surface area contributed by atoms with Gasteiger partial charge in [0, 0.05) is 28.2 Å². The molecular weight excluding hydrogens is 226 g/mol. The minimum Gasteiger partial charge on any atom is -0.294 e. The Hall–Kier alpha value is -0.860. The monoisotopic (exact) mass is 245 g/mol. The van der Waals surface area contributed by atoms with E-state index < -0.39 is 0 Å². The summed E-state index contributed by atoms with van der Waals surface area (Å²) in [4.78, 5) is 4.20. The third kappa shape index (κ3) is 1.90. The van der Waals surface area contributed by atoms with Crippen molar-refractivity contribution in [1.82, 2.24) is 4.90 Å². The summed E-state index contributed by atoms with van der Waals surface area (Å²) in [5.74, 6) is 0. The topological polar surface area (TPSA) is 3.24 Å². The van der Waals surface area contributed by atoms with E-state index >= 15 is 0 Å². The quantitative estimate of drug-likeness (QED) is 0.676. The summed E-state index contributed by atoms with van der Waals surface area (Å²) in [6.07, 6.45) is 1.21. The molecule has 90 valence electrons. The van der Waals surface area contributed by atoms with E-state index in [4.69, 9.17) is 0 Å². The molecule has 0 unspecified atom stereocenters. The Balaban J connectivity index is 2.06. The Morgan fingerprint density at radius 2 is 1.94 bits per heavy atom. The standard InChI is InChI=1S/C15H19NS/c1-15(2,3)16-9-8-14-12(10-16)11-6-4-5-7-13(11)17-14/h4-7H,8-10H2,1-3H3. The fourth-order valence-electron chi connectivity index (χ4n) is 2.60. The van der Waals surface area contributed by atoms with E-state index in [1.165, 1.54) is 23.1 Å². The summed E-state index contributed by atoms with van der Waals surface area (Å²) in [7, 11) is 0. The second-order valence-corrected chi connectivity index (χ2v) is 6.98. The Morgan fingerprint density at radius 3 is 2.71 bits per heavy atom.